The van der Waals surface area contributed by atoms with E-state index in [1.807, 2.05) is 17.9 Å². The number of benzene rings is 2. The summed E-state index contributed by atoms with van der Waals surface area (Å²) in [6.45, 7) is 4.36. The second kappa shape index (κ2) is 6.75. The number of anilines is 2. The number of likely N-dealkylation sites (tertiary alicyclic amines) is 1. The number of amides is 1. The Balaban J connectivity index is 1.32. The van der Waals surface area contributed by atoms with E-state index in [0.717, 1.165) is 61.4 Å². The number of rotatable bonds is 3. The van der Waals surface area contributed by atoms with Crippen molar-refractivity contribution in [2.75, 3.05) is 37.0 Å². The molecule has 4 nitrogen and oxygen atoms in total. The number of carbonyl (C=O) groups is 1. The molecule has 5 rings (SSSR count). The van der Waals surface area contributed by atoms with Gasteiger partial charge in [-0.25, -0.2) is 4.39 Å². The van der Waals surface area contributed by atoms with Gasteiger partial charge in [0.2, 0.25) is 5.91 Å². The fourth-order valence-electron chi connectivity index (χ4n) is 5.23. The summed E-state index contributed by atoms with van der Waals surface area (Å²) in [5.74, 6) is 0.440. The molecule has 0 aromatic heterocycles. The smallest absolute Gasteiger partial charge is 0.222 e. The zero-order valence-electron chi connectivity index (χ0n) is 17.2. The van der Waals surface area contributed by atoms with Gasteiger partial charge in [0.25, 0.3) is 0 Å². The summed E-state index contributed by atoms with van der Waals surface area (Å²) in [4.78, 5) is 16.1. The summed E-state index contributed by atoms with van der Waals surface area (Å²) in [5, 5.41) is 3.37. The maximum Gasteiger partial charge on any atom is 0.222 e. The van der Waals surface area contributed by atoms with E-state index in [1.165, 1.54) is 5.69 Å². The Labute approximate surface area is 171 Å². The monoisotopic (exact) mass is 393 g/mol. The molecule has 0 radical (unpaired) electrons. The maximum atomic E-state index is 15.1. The summed E-state index contributed by atoms with van der Waals surface area (Å²) in [6.07, 6.45) is 3.61. The van der Waals surface area contributed by atoms with Crippen LogP contribution in [-0.4, -0.2) is 37.6 Å². The molecule has 2 aromatic carbocycles. The number of piperidine rings is 1. The van der Waals surface area contributed by atoms with Crippen LogP contribution >= 0.6 is 0 Å². The maximum absolute atomic E-state index is 15.1. The summed E-state index contributed by atoms with van der Waals surface area (Å²) >= 11 is 0. The number of hydrogen-bond acceptors (Lipinski definition) is 3. The van der Waals surface area contributed by atoms with Crippen molar-refractivity contribution in [1.29, 1.82) is 0 Å². The predicted octanol–water partition coefficient (Wildman–Crippen LogP) is 4.82. The number of nitrogens with zero attached hydrogens (tertiary/aromatic N) is 2. The third-order valence-corrected chi connectivity index (χ3v) is 7.23. The summed E-state index contributed by atoms with van der Waals surface area (Å²) < 4.78 is 15.1. The molecule has 1 N–H and O–H groups in total. The molecule has 2 heterocycles. The Hall–Kier alpha value is -2.56. The lowest BCUT2D eigenvalue weighted by molar-refractivity contribution is -0.132. The lowest BCUT2D eigenvalue weighted by Gasteiger charge is -2.33. The van der Waals surface area contributed by atoms with Crippen molar-refractivity contribution in [2.24, 2.45) is 5.41 Å². The van der Waals surface area contributed by atoms with E-state index in [2.05, 4.69) is 41.5 Å². The zero-order chi connectivity index (χ0) is 20.2. The van der Waals surface area contributed by atoms with Crippen molar-refractivity contribution < 1.29 is 9.18 Å². The van der Waals surface area contributed by atoms with Crippen molar-refractivity contribution in [2.45, 2.75) is 38.5 Å². The Bertz CT molecular complexity index is 965. The highest BCUT2D eigenvalue weighted by Crippen LogP contribution is 2.65. The minimum Gasteiger partial charge on any atom is -0.366 e. The molecule has 2 aromatic rings. The lowest BCUT2D eigenvalue weighted by atomic mass is 9.88. The molecule has 1 spiro atoms. The van der Waals surface area contributed by atoms with Crippen LogP contribution in [-0.2, 0) is 4.79 Å². The third kappa shape index (κ3) is 3.07. The minimum atomic E-state index is -0.0954. The van der Waals surface area contributed by atoms with Gasteiger partial charge in [0.1, 0.15) is 5.82 Å². The van der Waals surface area contributed by atoms with Gasteiger partial charge >= 0.3 is 0 Å². The second-order valence-electron chi connectivity index (χ2n) is 8.85. The molecule has 1 saturated carbocycles. The van der Waals surface area contributed by atoms with Crippen molar-refractivity contribution in [1.82, 2.24) is 4.90 Å². The van der Waals surface area contributed by atoms with Gasteiger partial charge in [-0.15, -0.1) is 0 Å². The highest BCUT2D eigenvalue weighted by atomic mass is 19.1. The summed E-state index contributed by atoms with van der Waals surface area (Å²) in [6, 6.07) is 12.0. The van der Waals surface area contributed by atoms with Gasteiger partial charge in [-0.3, -0.25) is 4.79 Å². The van der Waals surface area contributed by atoms with E-state index >= 15 is 4.39 Å². The molecule has 1 saturated heterocycles. The number of hydrogen-bond donors (Lipinski definition) is 1. The molecule has 1 atom stereocenters. The van der Waals surface area contributed by atoms with Crippen LogP contribution in [0.4, 0.5) is 15.8 Å². The lowest BCUT2D eigenvalue weighted by Crippen LogP contribution is -2.39. The fraction of sp³-hybridized carbons (Fsp3) is 0.458. The summed E-state index contributed by atoms with van der Waals surface area (Å²) in [5.41, 5.74) is 5.29. The Morgan fingerprint density at radius 1 is 1.17 bits per heavy atom. The van der Waals surface area contributed by atoms with Crippen molar-refractivity contribution in [3.63, 3.8) is 0 Å². The number of fused-ring (bicyclic) bond motifs is 1. The van der Waals surface area contributed by atoms with Gasteiger partial charge in [0, 0.05) is 26.6 Å². The van der Waals surface area contributed by atoms with Crippen LogP contribution in [0.1, 0.15) is 44.1 Å². The molecular formula is C24H28FN3O. The molecular weight excluding hydrogens is 365 g/mol. The molecule has 0 unspecified atom stereocenters. The van der Waals surface area contributed by atoms with Gasteiger partial charge in [-0.05, 0) is 65.5 Å². The quantitative estimate of drug-likeness (QED) is 0.812. The van der Waals surface area contributed by atoms with Gasteiger partial charge < -0.3 is 15.1 Å². The Morgan fingerprint density at radius 3 is 2.62 bits per heavy atom. The van der Waals surface area contributed by atoms with E-state index in [0.29, 0.717) is 12.3 Å². The molecule has 3 aliphatic rings. The van der Waals surface area contributed by atoms with Crippen molar-refractivity contribution >= 4 is 17.3 Å². The van der Waals surface area contributed by atoms with E-state index in [4.69, 9.17) is 0 Å². The number of nitrogens with one attached hydrogen (secondary N) is 1. The van der Waals surface area contributed by atoms with Crippen LogP contribution in [0.15, 0.2) is 36.4 Å². The zero-order valence-corrected chi connectivity index (χ0v) is 17.2. The van der Waals surface area contributed by atoms with Crippen LogP contribution in [0, 0.1) is 11.2 Å². The molecule has 0 bridgehead atoms. The van der Waals surface area contributed by atoms with E-state index in [-0.39, 0.29) is 17.1 Å². The number of halogens is 1. The molecule has 1 amide bonds. The largest absolute Gasteiger partial charge is 0.366 e. The molecule has 2 fully saturated rings. The van der Waals surface area contributed by atoms with Crippen LogP contribution in [0.2, 0.25) is 0 Å². The van der Waals surface area contributed by atoms with Gasteiger partial charge in [0.15, 0.2) is 0 Å². The number of carbonyl (C=O) groups excluding carboxylic acids is 1. The minimum absolute atomic E-state index is 0.0954. The molecule has 1 aliphatic carbocycles. The van der Waals surface area contributed by atoms with Gasteiger partial charge in [-0.2, -0.15) is 0 Å². The average molecular weight is 394 g/mol. The van der Waals surface area contributed by atoms with Crippen molar-refractivity contribution in [3.05, 3.63) is 47.8 Å². The van der Waals surface area contributed by atoms with Gasteiger partial charge in [0.05, 0.1) is 18.0 Å². The molecule has 2 aliphatic heterocycles. The summed E-state index contributed by atoms with van der Waals surface area (Å²) in [7, 11) is 2.06. The van der Waals surface area contributed by atoms with Crippen LogP contribution < -0.4 is 10.2 Å². The molecule has 5 heteroatoms. The first-order valence-electron chi connectivity index (χ1n) is 10.7. The van der Waals surface area contributed by atoms with Crippen molar-refractivity contribution in [3.8, 4) is 11.1 Å². The normalized spacial score (nSPS) is 21.8. The average Bonchev–Trinajstić information content (AvgIpc) is 3.30. The van der Waals surface area contributed by atoms with Crippen LogP contribution in [0.5, 0.6) is 0 Å². The fourth-order valence-corrected chi connectivity index (χ4v) is 5.23. The van der Waals surface area contributed by atoms with Crippen LogP contribution in [0.3, 0.4) is 0 Å². The molecule has 152 valence electrons. The molecule has 29 heavy (non-hydrogen) atoms. The standard InChI is InChI=1S/C24H28FN3O/c1-3-23(29)28-10-8-24(9-11-28)14-19(24)18-6-4-16(12-20(18)25)17-5-7-22-21(13-17)26-15-27(22)2/h4-7,12-13,19,26H,3,8-11,14-15H2,1-2H3/t19-/m1/s1. The first-order chi connectivity index (χ1) is 14.0. The van der Waals surface area contributed by atoms with E-state index in [1.54, 1.807) is 6.07 Å². The predicted molar refractivity (Wildman–Crippen MR) is 115 cm³/mol. The first kappa shape index (κ1) is 18.5. The highest BCUT2D eigenvalue weighted by Gasteiger charge is 2.56. The van der Waals surface area contributed by atoms with Crippen LogP contribution in [0.25, 0.3) is 11.1 Å². The second-order valence-corrected chi connectivity index (χ2v) is 8.85. The SMILES string of the molecule is CCC(=O)N1CCC2(CC1)C[C@@H]2c1ccc(-c2ccc3c(c2)NCN3C)cc1F. The topological polar surface area (TPSA) is 35.6 Å². The van der Waals surface area contributed by atoms with E-state index < -0.39 is 0 Å². The Kier molecular flexibility index (Phi) is 4.30. The van der Waals surface area contributed by atoms with Gasteiger partial charge in [-0.1, -0.05) is 25.1 Å². The Morgan fingerprint density at radius 2 is 1.90 bits per heavy atom. The third-order valence-electron chi connectivity index (χ3n) is 7.23. The first-order valence-corrected chi connectivity index (χ1v) is 10.7. The highest BCUT2D eigenvalue weighted by molar-refractivity contribution is 5.81. The van der Waals surface area contributed by atoms with E-state index in [9.17, 15) is 4.79 Å².